The lowest BCUT2D eigenvalue weighted by atomic mass is 9.85. The van der Waals surface area contributed by atoms with Crippen LogP contribution >= 0.6 is 0 Å². The molecule has 1 fully saturated rings. The summed E-state index contributed by atoms with van der Waals surface area (Å²) < 4.78 is 10.5. The largest absolute Gasteiger partial charge is 0.469 e. The van der Waals surface area contributed by atoms with Crippen molar-refractivity contribution in [2.45, 2.75) is 51.2 Å². The number of carbonyl (C=O) groups excluding carboxylic acids is 3. The lowest BCUT2D eigenvalue weighted by molar-refractivity contribution is -0.142. The van der Waals surface area contributed by atoms with E-state index in [4.69, 9.17) is 9.47 Å². The molecule has 2 heterocycles. The smallest absolute Gasteiger partial charge is 0.410 e. The number of aromatic nitrogens is 1. The Hall–Kier alpha value is -3.62. The van der Waals surface area contributed by atoms with E-state index >= 15 is 0 Å². The van der Waals surface area contributed by atoms with Gasteiger partial charge < -0.3 is 19.7 Å². The molecular formula is C25H30N4O5. The van der Waals surface area contributed by atoms with Crippen molar-refractivity contribution in [3.63, 3.8) is 0 Å². The maximum absolute atomic E-state index is 12.7. The number of fused-ring (bicyclic) bond motifs is 1. The van der Waals surface area contributed by atoms with Crippen LogP contribution in [0.15, 0.2) is 42.6 Å². The first-order valence-electron chi connectivity index (χ1n) is 11.6. The van der Waals surface area contributed by atoms with Gasteiger partial charge in [-0.2, -0.15) is 0 Å². The van der Waals surface area contributed by atoms with E-state index in [1.165, 1.54) is 7.11 Å². The molecular weight excluding hydrogens is 436 g/mol. The van der Waals surface area contributed by atoms with E-state index in [1.807, 2.05) is 18.2 Å². The Bertz CT molecular complexity index is 1020. The van der Waals surface area contributed by atoms with Crippen LogP contribution in [0.5, 0.6) is 0 Å². The second-order valence-corrected chi connectivity index (χ2v) is 8.76. The normalized spacial score (nSPS) is 19.5. The summed E-state index contributed by atoms with van der Waals surface area (Å²) in [6, 6.07) is 10.6. The van der Waals surface area contributed by atoms with Crippen LogP contribution in [0.25, 0.3) is 0 Å². The van der Waals surface area contributed by atoms with E-state index in [-0.39, 0.29) is 24.2 Å². The standard InChI is InChI=1S/C25H30N4O5/c1-33-23(30)14-17-5-9-21(10-6-17)34-25(32)29-13-11-18-15-20(8-7-19(18)16-29)27-24(31)28-22-4-2-3-12-26-22/h2-4,7-8,12,15,17,21H,5-6,9-11,13-14,16H2,1H3,(H2,26,27,28,31)/t17-,21-. The van der Waals surface area contributed by atoms with Gasteiger partial charge >= 0.3 is 18.1 Å². The molecule has 1 aromatic heterocycles. The van der Waals surface area contributed by atoms with E-state index in [1.54, 1.807) is 29.3 Å². The van der Waals surface area contributed by atoms with Gasteiger partial charge in [0.05, 0.1) is 7.11 Å². The molecule has 0 radical (unpaired) electrons. The predicted molar refractivity (Wildman–Crippen MR) is 126 cm³/mol. The molecule has 34 heavy (non-hydrogen) atoms. The first-order chi connectivity index (χ1) is 16.5. The Morgan fingerprint density at radius 2 is 1.88 bits per heavy atom. The van der Waals surface area contributed by atoms with E-state index in [0.29, 0.717) is 43.4 Å². The summed E-state index contributed by atoms with van der Waals surface area (Å²) in [5.74, 6) is 0.599. The zero-order valence-electron chi connectivity index (χ0n) is 19.3. The molecule has 2 N–H and O–H groups in total. The maximum Gasteiger partial charge on any atom is 0.410 e. The van der Waals surface area contributed by atoms with Crippen molar-refractivity contribution >= 4 is 29.6 Å². The molecule has 2 aliphatic rings. The SMILES string of the molecule is COC(=O)C[C@H]1CC[C@H](OC(=O)N2CCc3cc(NC(=O)Nc4ccccn4)ccc3C2)CC1. The van der Waals surface area contributed by atoms with E-state index in [9.17, 15) is 14.4 Å². The number of ether oxygens (including phenoxy) is 2. The number of hydrogen-bond acceptors (Lipinski definition) is 6. The van der Waals surface area contributed by atoms with Gasteiger partial charge in [-0.3, -0.25) is 10.1 Å². The van der Waals surface area contributed by atoms with Crippen molar-refractivity contribution in [1.82, 2.24) is 9.88 Å². The number of pyridine rings is 1. The summed E-state index contributed by atoms with van der Waals surface area (Å²) in [5, 5.41) is 5.52. The number of anilines is 2. The summed E-state index contributed by atoms with van der Waals surface area (Å²) in [6.07, 6.45) is 5.60. The van der Waals surface area contributed by atoms with Gasteiger partial charge in [-0.05, 0) is 73.4 Å². The van der Waals surface area contributed by atoms with Gasteiger partial charge in [0.2, 0.25) is 0 Å². The first kappa shape index (κ1) is 23.5. The minimum atomic E-state index is -0.360. The zero-order chi connectivity index (χ0) is 23.9. The van der Waals surface area contributed by atoms with E-state index < -0.39 is 0 Å². The fraction of sp³-hybridized carbons (Fsp3) is 0.440. The quantitative estimate of drug-likeness (QED) is 0.635. The van der Waals surface area contributed by atoms with Crippen molar-refractivity contribution < 1.29 is 23.9 Å². The molecule has 0 spiro atoms. The highest BCUT2D eigenvalue weighted by Crippen LogP contribution is 2.30. The summed E-state index contributed by atoms with van der Waals surface area (Å²) in [4.78, 5) is 42.2. The number of rotatable bonds is 5. The molecule has 0 unspecified atom stereocenters. The Morgan fingerprint density at radius 3 is 2.62 bits per heavy atom. The predicted octanol–water partition coefficient (Wildman–Crippen LogP) is 4.34. The Labute approximate surface area is 198 Å². The number of nitrogens with zero attached hydrogens (tertiary/aromatic N) is 2. The molecule has 4 rings (SSSR count). The highest BCUT2D eigenvalue weighted by molar-refractivity contribution is 5.99. The summed E-state index contributed by atoms with van der Waals surface area (Å²) in [7, 11) is 1.41. The van der Waals surface area contributed by atoms with Crippen molar-refractivity contribution in [3.8, 4) is 0 Å². The van der Waals surface area contributed by atoms with E-state index in [2.05, 4.69) is 15.6 Å². The molecule has 9 heteroatoms. The number of nitrogens with one attached hydrogen (secondary N) is 2. The van der Waals surface area contributed by atoms with Crippen LogP contribution < -0.4 is 10.6 Å². The van der Waals surface area contributed by atoms with Gasteiger partial charge in [-0.15, -0.1) is 0 Å². The number of esters is 1. The van der Waals surface area contributed by atoms with Crippen LogP contribution in [0.3, 0.4) is 0 Å². The van der Waals surface area contributed by atoms with E-state index in [0.717, 1.165) is 36.8 Å². The van der Waals surface area contributed by atoms with Gasteiger partial charge in [0.15, 0.2) is 0 Å². The topological polar surface area (TPSA) is 110 Å². The number of methoxy groups -OCH3 is 1. The third kappa shape index (κ3) is 6.24. The van der Waals surface area contributed by atoms with Crippen molar-refractivity contribution in [1.29, 1.82) is 0 Å². The van der Waals surface area contributed by atoms with Gasteiger partial charge in [0.1, 0.15) is 11.9 Å². The van der Waals surface area contributed by atoms with Gasteiger partial charge in [-0.1, -0.05) is 12.1 Å². The Balaban J connectivity index is 1.25. The molecule has 180 valence electrons. The molecule has 1 aliphatic carbocycles. The maximum atomic E-state index is 12.7. The number of amides is 3. The summed E-state index contributed by atoms with van der Waals surface area (Å²) in [5.41, 5.74) is 2.83. The third-order valence-electron chi connectivity index (χ3n) is 6.39. The number of benzene rings is 1. The van der Waals surface area contributed by atoms with Crippen LogP contribution in [0.1, 0.15) is 43.2 Å². The fourth-order valence-electron chi connectivity index (χ4n) is 4.49. The zero-order valence-corrected chi connectivity index (χ0v) is 19.3. The van der Waals surface area contributed by atoms with Crippen LogP contribution in [-0.4, -0.2) is 47.7 Å². The van der Waals surface area contributed by atoms with Crippen LogP contribution in [0.2, 0.25) is 0 Å². The molecule has 1 aliphatic heterocycles. The van der Waals surface area contributed by atoms with Crippen molar-refractivity contribution in [2.75, 3.05) is 24.3 Å². The average Bonchev–Trinajstić information content (AvgIpc) is 2.85. The van der Waals surface area contributed by atoms with Crippen LogP contribution in [0.4, 0.5) is 21.1 Å². The van der Waals surface area contributed by atoms with Crippen LogP contribution in [0, 0.1) is 5.92 Å². The molecule has 0 bridgehead atoms. The third-order valence-corrected chi connectivity index (χ3v) is 6.39. The highest BCUT2D eigenvalue weighted by Gasteiger charge is 2.28. The summed E-state index contributed by atoms with van der Waals surface area (Å²) >= 11 is 0. The molecule has 0 atom stereocenters. The lowest BCUT2D eigenvalue weighted by Crippen LogP contribution is -2.39. The van der Waals surface area contributed by atoms with Gasteiger partial charge in [-0.25, -0.2) is 14.6 Å². The second kappa shape index (κ2) is 11.0. The molecule has 9 nitrogen and oxygen atoms in total. The monoisotopic (exact) mass is 466 g/mol. The highest BCUT2D eigenvalue weighted by atomic mass is 16.6. The molecule has 1 saturated carbocycles. The number of hydrogen-bond donors (Lipinski definition) is 2. The average molecular weight is 467 g/mol. The van der Waals surface area contributed by atoms with Crippen molar-refractivity contribution in [3.05, 3.63) is 53.7 Å². The molecule has 1 aromatic carbocycles. The minimum Gasteiger partial charge on any atom is -0.469 e. The lowest BCUT2D eigenvalue weighted by Gasteiger charge is -2.32. The van der Waals surface area contributed by atoms with Gasteiger partial charge in [0, 0.05) is 31.4 Å². The fourth-order valence-corrected chi connectivity index (χ4v) is 4.49. The van der Waals surface area contributed by atoms with Crippen LogP contribution in [-0.2, 0) is 27.2 Å². The van der Waals surface area contributed by atoms with Gasteiger partial charge in [0.25, 0.3) is 0 Å². The Kier molecular flexibility index (Phi) is 7.61. The molecule has 3 amide bonds. The Morgan fingerprint density at radius 1 is 1.06 bits per heavy atom. The molecule has 2 aromatic rings. The number of urea groups is 1. The van der Waals surface area contributed by atoms with Crippen molar-refractivity contribution in [2.24, 2.45) is 5.92 Å². The molecule has 0 saturated heterocycles. The minimum absolute atomic E-state index is 0.105. The summed E-state index contributed by atoms with van der Waals surface area (Å²) in [6.45, 7) is 1.04. The second-order valence-electron chi connectivity index (χ2n) is 8.76. The number of carbonyl (C=O) groups is 3. The first-order valence-corrected chi connectivity index (χ1v) is 11.6.